The molecule has 0 bridgehead atoms. The number of carbonyl (C=O) groups excluding carboxylic acids is 3. The molecule has 7 nitrogen and oxygen atoms in total. The monoisotopic (exact) mass is 662 g/mol. The molecular weight excluding hydrogens is 612 g/mol. The van der Waals surface area contributed by atoms with Crippen molar-refractivity contribution in [2.24, 2.45) is 23.5 Å². The van der Waals surface area contributed by atoms with Crippen LogP contribution in [0.1, 0.15) is 55.9 Å². The molecule has 4 aromatic rings. The van der Waals surface area contributed by atoms with Gasteiger partial charge in [0, 0.05) is 12.0 Å². The SMILES string of the molecule is C[C@@H](C[C@@H](N)Cc1ccccc1)C(=O)OCc1ccccc1.C[C@@H](Cc1ccccc1)C[C@H](C)C(=O)N1C(=O)OC[C@H]1Cc1ccccc1. The number of nitrogens with two attached hydrogens (primary N) is 1. The van der Waals surface area contributed by atoms with E-state index in [0.717, 1.165) is 30.4 Å². The molecule has 2 N–H and O–H groups in total. The van der Waals surface area contributed by atoms with Gasteiger partial charge in [-0.1, -0.05) is 142 Å². The third kappa shape index (κ3) is 12.3. The van der Waals surface area contributed by atoms with E-state index in [2.05, 4.69) is 31.2 Å². The zero-order valence-corrected chi connectivity index (χ0v) is 28.9. The number of benzene rings is 4. The van der Waals surface area contributed by atoms with E-state index in [0.29, 0.717) is 25.4 Å². The molecule has 1 fully saturated rings. The lowest BCUT2D eigenvalue weighted by Crippen LogP contribution is -2.43. The molecule has 0 aliphatic carbocycles. The first-order valence-electron chi connectivity index (χ1n) is 17.3. The molecule has 7 heteroatoms. The second kappa shape index (κ2) is 19.3. The van der Waals surface area contributed by atoms with Crippen molar-refractivity contribution in [3.63, 3.8) is 0 Å². The number of imide groups is 1. The molecule has 0 aromatic heterocycles. The lowest BCUT2D eigenvalue weighted by molar-refractivity contribution is -0.149. The molecule has 0 radical (unpaired) electrons. The topological polar surface area (TPSA) is 98.9 Å². The minimum atomic E-state index is -0.511. The van der Waals surface area contributed by atoms with Gasteiger partial charge in [0.1, 0.15) is 13.2 Å². The first-order chi connectivity index (χ1) is 23.7. The number of nitrogens with zero attached hydrogens (tertiary/aromatic N) is 1. The summed E-state index contributed by atoms with van der Waals surface area (Å²) in [6.45, 7) is 6.53. The van der Waals surface area contributed by atoms with Gasteiger partial charge in [-0.05, 0) is 60.3 Å². The molecule has 1 aliphatic heterocycles. The molecular formula is C42H50N2O5. The Labute approximate surface area is 291 Å². The van der Waals surface area contributed by atoms with Gasteiger partial charge in [0.2, 0.25) is 5.91 Å². The van der Waals surface area contributed by atoms with Crippen molar-refractivity contribution in [1.29, 1.82) is 0 Å². The number of cyclic esters (lactones) is 1. The Kier molecular flexibility index (Phi) is 14.6. The predicted octanol–water partition coefficient (Wildman–Crippen LogP) is 7.81. The molecule has 0 saturated carbocycles. The van der Waals surface area contributed by atoms with Gasteiger partial charge in [0.15, 0.2) is 0 Å². The minimum absolute atomic E-state index is 0.0401. The molecule has 4 aromatic carbocycles. The average Bonchev–Trinajstić information content (AvgIpc) is 3.47. The van der Waals surface area contributed by atoms with Gasteiger partial charge < -0.3 is 15.2 Å². The number of carbonyl (C=O) groups is 3. The second-order valence-corrected chi connectivity index (χ2v) is 13.2. The van der Waals surface area contributed by atoms with Crippen LogP contribution in [-0.4, -0.2) is 41.6 Å². The highest BCUT2D eigenvalue weighted by molar-refractivity contribution is 5.94. The fraction of sp³-hybridized carbons (Fsp3) is 0.357. The van der Waals surface area contributed by atoms with Crippen LogP contribution in [0.5, 0.6) is 0 Å². The molecule has 1 heterocycles. The smallest absolute Gasteiger partial charge is 0.416 e. The normalized spacial score (nSPS) is 16.4. The number of amides is 2. The van der Waals surface area contributed by atoms with E-state index in [1.54, 1.807) is 0 Å². The minimum Gasteiger partial charge on any atom is -0.461 e. The molecule has 2 amide bonds. The largest absolute Gasteiger partial charge is 0.461 e. The van der Waals surface area contributed by atoms with Crippen LogP contribution in [0.4, 0.5) is 4.79 Å². The maximum absolute atomic E-state index is 13.0. The number of hydrogen-bond donors (Lipinski definition) is 1. The fourth-order valence-electron chi connectivity index (χ4n) is 6.23. The third-order valence-electron chi connectivity index (χ3n) is 8.74. The van der Waals surface area contributed by atoms with Crippen LogP contribution >= 0.6 is 0 Å². The summed E-state index contributed by atoms with van der Waals surface area (Å²) in [5.41, 5.74) is 10.7. The lowest BCUT2D eigenvalue weighted by atomic mass is 9.90. The first kappa shape index (κ1) is 37.1. The van der Waals surface area contributed by atoms with Gasteiger partial charge in [-0.2, -0.15) is 0 Å². The van der Waals surface area contributed by atoms with Crippen molar-refractivity contribution in [3.8, 4) is 0 Å². The van der Waals surface area contributed by atoms with Crippen molar-refractivity contribution < 1.29 is 23.9 Å². The zero-order chi connectivity index (χ0) is 35.0. The Bertz CT molecular complexity index is 1570. The molecule has 0 unspecified atom stereocenters. The van der Waals surface area contributed by atoms with E-state index in [1.807, 2.05) is 111 Å². The molecule has 5 rings (SSSR count). The van der Waals surface area contributed by atoms with E-state index in [9.17, 15) is 14.4 Å². The lowest BCUT2D eigenvalue weighted by Gasteiger charge is -2.24. The maximum atomic E-state index is 13.0. The highest BCUT2D eigenvalue weighted by Crippen LogP contribution is 2.24. The highest BCUT2D eigenvalue weighted by atomic mass is 16.6. The van der Waals surface area contributed by atoms with Gasteiger partial charge >= 0.3 is 12.1 Å². The number of ether oxygens (including phenoxy) is 2. The summed E-state index contributed by atoms with van der Waals surface area (Å²) < 4.78 is 10.5. The molecule has 0 spiro atoms. The number of rotatable bonds is 14. The van der Waals surface area contributed by atoms with E-state index in [1.165, 1.54) is 16.0 Å². The van der Waals surface area contributed by atoms with E-state index >= 15 is 0 Å². The Morgan fingerprint density at radius 1 is 0.714 bits per heavy atom. The van der Waals surface area contributed by atoms with E-state index in [-0.39, 0.29) is 42.4 Å². The first-order valence-corrected chi connectivity index (χ1v) is 17.3. The average molecular weight is 663 g/mol. The zero-order valence-electron chi connectivity index (χ0n) is 28.9. The third-order valence-corrected chi connectivity index (χ3v) is 8.74. The van der Waals surface area contributed by atoms with Gasteiger partial charge in [0.05, 0.1) is 12.0 Å². The van der Waals surface area contributed by atoms with Crippen molar-refractivity contribution >= 4 is 18.0 Å². The Morgan fingerprint density at radius 2 is 1.20 bits per heavy atom. The van der Waals surface area contributed by atoms with E-state index < -0.39 is 6.09 Å². The summed E-state index contributed by atoms with van der Waals surface area (Å²) in [6, 6.07) is 39.7. The number of esters is 1. The van der Waals surface area contributed by atoms with Gasteiger partial charge in [0.25, 0.3) is 0 Å². The van der Waals surface area contributed by atoms with Crippen LogP contribution in [0.15, 0.2) is 121 Å². The Balaban J connectivity index is 0.000000226. The van der Waals surface area contributed by atoms with E-state index in [4.69, 9.17) is 15.2 Å². The highest BCUT2D eigenvalue weighted by Gasteiger charge is 2.39. The van der Waals surface area contributed by atoms with Crippen LogP contribution < -0.4 is 5.73 Å². The van der Waals surface area contributed by atoms with Crippen LogP contribution in [-0.2, 0) is 44.9 Å². The van der Waals surface area contributed by atoms with Gasteiger partial charge in [-0.15, -0.1) is 0 Å². The summed E-state index contributed by atoms with van der Waals surface area (Å²) in [7, 11) is 0. The molecule has 1 aliphatic rings. The summed E-state index contributed by atoms with van der Waals surface area (Å²) in [5, 5.41) is 0. The molecule has 5 atom stereocenters. The van der Waals surface area contributed by atoms with Crippen molar-refractivity contribution in [3.05, 3.63) is 144 Å². The molecule has 1 saturated heterocycles. The van der Waals surface area contributed by atoms with Crippen molar-refractivity contribution in [2.45, 2.75) is 71.6 Å². The van der Waals surface area contributed by atoms with Crippen molar-refractivity contribution in [2.75, 3.05) is 6.61 Å². The Morgan fingerprint density at radius 3 is 1.76 bits per heavy atom. The standard InChI is InChI=1S/C23H27NO3.C19H23NO2/c1-17(14-19-9-5-3-6-10-19)13-18(2)22(25)24-21(16-27-23(24)26)15-20-11-7-4-8-12-20;1-15(12-18(20)13-16-8-4-2-5-9-16)19(21)22-14-17-10-6-3-7-11-17/h3-12,17-18,21H,13-16H2,1-2H3;2-11,15,18H,12-14,20H2,1H3/t17-,18+,21-;15-,18+/m10/s1. The Hall–Kier alpha value is -4.75. The summed E-state index contributed by atoms with van der Waals surface area (Å²) in [4.78, 5) is 38.5. The van der Waals surface area contributed by atoms with Gasteiger partial charge in [-0.25, -0.2) is 9.69 Å². The summed E-state index contributed by atoms with van der Waals surface area (Å²) in [6.07, 6.45) is 3.19. The van der Waals surface area contributed by atoms with Crippen LogP contribution in [0.3, 0.4) is 0 Å². The summed E-state index contributed by atoms with van der Waals surface area (Å²) >= 11 is 0. The van der Waals surface area contributed by atoms with Crippen molar-refractivity contribution in [1.82, 2.24) is 4.90 Å². The van der Waals surface area contributed by atoms with Crippen LogP contribution in [0.2, 0.25) is 0 Å². The fourth-order valence-corrected chi connectivity index (χ4v) is 6.23. The van der Waals surface area contributed by atoms with Gasteiger partial charge in [-0.3, -0.25) is 9.59 Å². The molecule has 49 heavy (non-hydrogen) atoms. The maximum Gasteiger partial charge on any atom is 0.416 e. The van der Waals surface area contributed by atoms with Crippen LogP contribution in [0.25, 0.3) is 0 Å². The quantitative estimate of drug-likeness (QED) is 0.138. The number of hydrogen-bond acceptors (Lipinski definition) is 6. The second-order valence-electron chi connectivity index (χ2n) is 13.2. The summed E-state index contributed by atoms with van der Waals surface area (Å²) in [5.74, 6) is -0.363. The van der Waals surface area contributed by atoms with Crippen LogP contribution in [0, 0.1) is 17.8 Å². The molecule has 258 valence electrons. The predicted molar refractivity (Wildman–Crippen MR) is 193 cm³/mol.